The molecular formula is C22H24N2O4S. The van der Waals surface area contributed by atoms with Crippen LogP contribution in [-0.4, -0.2) is 36.1 Å². The SMILES string of the molecule is COCCN(Cc1ccco1)C(=O)/C=C/c1ccccc1OCc1csc(C)n1. The van der Waals surface area contributed by atoms with E-state index in [1.165, 1.54) is 0 Å². The first-order chi connectivity index (χ1) is 14.2. The summed E-state index contributed by atoms with van der Waals surface area (Å²) in [5.41, 5.74) is 1.73. The fourth-order valence-electron chi connectivity index (χ4n) is 2.70. The Morgan fingerprint density at radius 2 is 2.14 bits per heavy atom. The minimum Gasteiger partial charge on any atom is -0.487 e. The summed E-state index contributed by atoms with van der Waals surface area (Å²) in [6.45, 7) is 3.67. The number of furan rings is 1. The normalized spacial score (nSPS) is 11.1. The molecular weight excluding hydrogens is 388 g/mol. The first kappa shape index (κ1) is 20.8. The van der Waals surface area contributed by atoms with E-state index in [9.17, 15) is 4.79 Å². The molecule has 0 N–H and O–H groups in total. The van der Waals surface area contributed by atoms with Gasteiger partial charge >= 0.3 is 0 Å². The Labute approximate surface area is 174 Å². The van der Waals surface area contributed by atoms with E-state index >= 15 is 0 Å². The number of carbonyl (C=O) groups is 1. The number of hydrogen-bond donors (Lipinski definition) is 0. The van der Waals surface area contributed by atoms with E-state index in [1.807, 2.05) is 48.7 Å². The summed E-state index contributed by atoms with van der Waals surface area (Å²) in [4.78, 5) is 18.8. The highest BCUT2D eigenvalue weighted by molar-refractivity contribution is 7.09. The second kappa shape index (κ2) is 10.6. The van der Waals surface area contributed by atoms with Crippen LogP contribution in [-0.2, 0) is 22.7 Å². The highest BCUT2D eigenvalue weighted by atomic mass is 32.1. The summed E-state index contributed by atoms with van der Waals surface area (Å²) in [5, 5.41) is 3.00. The van der Waals surface area contributed by atoms with Crippen LogP contribution < -0.4 is 4.74 Å². The number of benzene rings is 1. The number of amides is 1. The Kier molecular flexibility index (Phi) is 7.61. The van der Waals surface area contributed by atoms with Gasteiger partial charge in [0.25, 0.3) is 0 Å². The lowest BCUT2D eigenvalue weighted by Gasteiger charge is -2.19. The maximum absolute atomic E-state index is 12.7. The smallest absolute Gasteiger partial charge is 0.247 e. The number of para-hydroxylation sites is 1. The molecule has 3 aromatic rings. The maximum atomic E-state index is 12.7. The summed E-state index contributed by atoms with van der Waals surface area (Å²) < 4.78 is 16.4. The van der Waals surface area contributed by atoms with Crippen molar-refractivity contribution in [3.63, 3.8) is 0 Å². The molecule has 3 rings (SSSR count). The van der Waals surface area contributed by atoms with Gasteiger partial charge in [-0.25, -0.2) is 4.98 Å². The van der Waals surface area contributed by atoms with Crippen molar-refractivity contribution in [2.45, 2.75) is 20.1 Å². The topological polar surface area (TPSA) is 64.8 Å². The molecule has 0 bridgehead atoms. The maximum Gasteiger partial charge on any atom is 0.247 e. The van der Waals surface area contributed by atoms with Crippen LogP contribution >= 0.6 is 11.3 Å². The largest absolute Gasteiger partial charge is 0.487 e. The minimum atomic E-state index is -0.122. The van der Waals surface area contributed by atoms with E-state index in [1.54, 1.807) is 41.8 Å². The molecule has 0 saturated carbocycles. The molecule has 0 aliphatic carbocycles. The van der Waals surface area contributed by atoms with Crippen LogP contribution in [0.25, 0.3) is 6.08 Å². The van der Waals surface area contributed by atoms with E-state index in [2.05, 4.69) is 4.98 Å². The van der Waals surface area contributed by atoms with Crippen molar-refractivity contribution < 1.29 is 18.7 Å². The summed E-state index contributed by atoms with van der Waals surface area (Å²) in [7, 11) is 1.61. The van der Waals surface area contributed by atoms with Gasteiger partial charge in [-0.05, 0) is 31.2 Å². The van der Waals surface area contributed by atoms with Crippen LogP contribution in [0.2, 0.25) is 0 Å². The van der Waals surface area contributed by atoms with E-state index in [0.717, 1.165) is 22.0 Å². The lowest BCUT2D eigenvalue weighted by Crippen LogP contribution is -2.31. The molecule has 2 aromatic heterocycles. The monoisotopic (exact) mass is 412 g/mol. The van der Waals surface area contributed by atoms with Crippen molar-refractivity contribution in [1.82, 2.24) is 9.88 Å². The van der Waals surface area contributed by atoms with Gasteiger partial charge in [-0.1, -0.05) is 18.2 Å². The van der Waals surface area contributed by atoms with Crippen LogP contribution in [0.1, 0.15) is 22.0 Å². The number of carbonyl (C=O) groups excluding carboxylic acids is 1. The number of rotatable bonds is 10. The summed E-state index contributed by atoms with van der Waals surface area (Å²) >= 11 is 1.60. The number of aryl methyl sites for hydroxylation is 1. The first-order valence-electron chi connectivity index (χ1n) is 9.27. The molecule has 0 aliphatic heterocycles. The molecule has 1 aromatic carbocycles. The predicted molar refractivity (Wildman–Crippen MR) is 113 cm³/mol. The third-order valence-electron chi connectivity index (χ3n) is 4.17. The first-order valence-corrected chi connectivity index (χ1v) is 10.1. The Bertz CT molecular complexity index is 934. The van der Waals surface area contributed by atoms with Crippen LogP contribution in [0.3, 0.4) is 0 Å². The molecule has 29 heavy (non-hydrogen) atoms. The zero-order chi connectivity index (χ0) is 20.5. The minimum absolute atomic E-state index is 0.122. The lowest BCUT2D eigenvalue weighted by molar-refractivity contribution is -0.127. The molecule has 6 nitrogen and oxygen atoms in total. The van der Waals surface area contributed by atoms with Gasteiger partial charge < -0.3 is 18.8 Å². The third kappa shape index (κ3) is 6.30. The number of aromatic nitrogens is 1. The second-order valence-electron chi connectivity index (χ2n) is 6.35. The van der Waals surface area contributed by atoms with Crippen LogP contribution in [0.15, 0.2) is 58.5 Å². The van der Waals surface area contributed by atoms with Gasteiger partial charge in [0, 0.05) is 30.7 Å². The lowest BCUT2D eigenvalue weighted by atomic mass is 10.2. The highest BCUT2D eigenvalue weighted by Crippen LogP contribution is 2.21. The van der Waals surface area contributed by atoms with Gasteiger partial charge in [0.1, 0.15) is 18.1 Å². The molecule has 2 heterocycles. The molecule has 0 aliphatic rings. The fourth-order valence-corrected chi connectivity index (χ4v) is 3.30. The number of methoxy groups -OCH3 is 1. The average Bonchev–Trinajstić information content (AvgIpc) is 3.39. The molecule has 0 radical (unpaired) electrons. The molecule has 0 atom stereocenters. The van der Waals surface area contributed by atoms with Crippen molar-refractivity contribution in [3.05, 3.63) is 76.1 Å². The van der Waals surface area contributed by atoms with Crippen molar-refractivity contribution >= 4 is 23.3 Å². The van der Waals surface area contributed by atoms with E-state index < -0.39 is 0 Å². The predicted octanol–water partition coefficient (Wildman–Crippen LogP) is 4.31. The Hall–Kier alpha value is -2.90. The molecule has 1 amide bonds. The van der Waals surface area contributed by atoms with E-state index in [-0.39, 0.29) is 5.91 Å². The number of nitrogens with zero attached hydrogens (tertiary/aromatic N) is 2. The van der Waals surface area contributed by atoms with Gasteiger partial charge in [0.05, 0.1) is 30.1 Å². The van der Waals surface area contributed by atoms with E-state index in [4.69, 9.17) is 13.9 Å². The summed E-state index contributed by atoms with van der Waals surface area (Å²) in [5.74, 6) is 1.31. The van der Waals surface area contributed by atoms with E-state index in [0.29, 0.717) is 32.1 Å². The Morgan fingerprint density at radius 1 is 1.28 bits per heavy atom. The summed E-state index contributed by atoms with van der Waals surface area (Å²) in [6.07, 6.45) is 4.92. The van der Waals surface area contributed by atoms with Crippen molar-refractivity contribution in [1.29, 1.82) is 0 Å². The van der Waals surface area contributed by atoms with Crippen LogP contribution in [0, 0.1) is 6.92 Å². The standard InChI is InChI=1S/C22H24N2O4S/c1-17-23-19(16-29-17)15-28-21-8-4-3-6-18(21)9-10-22(25)24(11-13-26-2)14-20-7-5-12-27-20/h3-10,12,16H,11,13-15H2,1-2H3/b10-9+. The molecule has 7 heteroatoms. The van der Waals surface area contributed by atoms with Crippen molar-refractivity contribution in [3.8, 4) is 5.75 Å². The zero-order valence-electron chi connectivity index (χ0n) is 16.5. The van der Waals surface area contributed by atoms with Gasteiger partial charge in [0.2, 0.25) is 5.91 Å². The Morgan fingerprint density at radius 3 is 2.86 bits per heavy atom. The van der Waals surface area contributed by atoms with Gasteiger partial charge in [-0.3, -0.25) is 4.79 Å². The van der Waals surface area contributed by atoms with Crippen LogP contribution in [0.5, 0.6) is 5.75 Å². The van der Waals surface area contributed by atoms with Crippen molar-refractivity contribution in [2.75, 3.05) is 20.3 Å². The zero-order valence-corrected chi connectivity index (χ0v) is 17.4. The van der Waals surface area contributed by atoms with Crippen molar-refractivity contribution in [2.24, 2.45) is 0 Å². The summed E-state index contributed by atoms with van der Waals surface area (Å²) in [6, 6.07) is 11.3. The van der Waals surface area contributed by atoms with Gasteiger partial charge in [-0.2, -0.15) is 0 Å². The van der Waals surface area contributed by atoms with Gasteiger partial charge in [0.15, 0.2) is 0 Å². The number of hydrogen-bond acceptors (Lipinski definition) is 6. The quantitative estimate of drug-likeness (QED) is 0.464. The molecule has 0 unspecified atom stereocenters. The van der Waals surface area contributed by atoms with Gasteiger partial charge in [-0.15, -0.1) is 11.3 Å². The third-order valence-corrected chi connectivity index (χ3v) is 4.99. The van der Waals surface area contributed by atoms with Crippen LogP contribution in [0.4, 0.5) is 0 Å². The highest BCUT2D eigenvalue weighted by Gasteiger charge is 2.13. The second-order valence-corrected chi connectivity index (χ2v) is 7.41. The fraction of sp³-hybridized carbons (Fsp3) is 0.273. The molecule has 0 spiro atoms. The molecule has 0 fully saturated rings. The number of ether oxygens (including phenoxy) is 2. The average molecular weight is 413 g/mol. The number of thiazole rings is 1. The molecule has 0 saturated heterocycles. The molecule has 152 valence electrons. The Balaban J connectivity index is 1.67.